The Morgan fingerprint density at radius 2 is 2.06 bits per heavy atom. The molecule has 0 amide bonds. The van der Waals surface area contributed by atoms with Gasteiger partial charge in [0.15, 0.2) is 0 Å². The molecule has 0 aliphatic heterocycles. The van der Waals surface area contributed by atoms with Gasteiger partial charge in [-0.3, -0.25) is 0 Å². The van der Waals surface area contributed by atoms with Crippen LogP contribution < -0.4 is 5.32 Å². The number of hydrogen-bond donors (Lipinski definition) is 2. The molecule has 1 aliphatic carbocycles. The number of rotatable bonds is 7. The molecule has 2 atom stereocenters. The monoisotopic (exact) mass is 221 g/mol. The zero-order valence-corrected chi connectivity index (χ0v) is 9.43. The molecule has 0 radical (unpaired) electrons. The Bertz CT molecular complexity index is 302. The lowest BCUT2D eigenvalue weighted by Crippen LogP contribution is -2.23. The Kier molecular flexibility index (Phi) is 4.34. The third kappa shape index (κ3) is 3.30. The molecule has 1 aliphatic rings. The van der Waals surface area contributed by atoms with E-state index in [1.807, 2.05) is 0 Å². The van der Waals surface area contributed by atoms with E-state index in [1.165, 1.54) is 12.0 Å². The molecule has 1 saturated carbocycles. The number of aliphatic hydroxyl groups is 1. The fraction of sp³-hybridized carbons (Fsp3) is 0.538. The lowest BCUT2D eigenvalue weighted by molar-refractivity contribution is 0.0937. The van der Waals surface area contributed by atoms with Crippen LogP contribution in [0.3, 0.4) is 0 Å². The van der Waals surface area contributed by atoms with Crippen LogP contribution in [0, 0.1) is 0 Å². The highest BCUT2D eigenvalue weighted by molar-refractivity contribution is 5.27. The van der Waals surface area contributed by atoms with Crippen molar-refractivity contribution in [3.63, 3.8) is 0 Å². The van der Waals surface area contributed by atoms with E-state index < -0.39 is 0 Å². The van der Waals surface area contributed by atoms with E-state index in [-0.39, 0.29) is 6.61 Å². The van der Waals surface area contributed by atoms with Crippen LogP contribution in [0.4, 0.5) is 0 Å². The van der Waals surface area contributed by atoms with Crippen LogP contribution in [0.2, 0.25) is 0 Å². The van der Waals surface area contributed by atoms with Crippen LogP contribution in [0.1, 0.15) is 17.9 Å². The first-order valence-electron chi connectivity index (χ1n) is 5.88. The van der Waals surface area contributed by atoms with Crippen LogP contribution in [-0.4, -0.2) is 37.5 Å². The average Bonchev–Trinajstić information content (AvgIpc) is 3.10. The molecule has 3 heteroatoms. The zero-order chi connectivity index (χ0) is 11.2. The Labute approximate surface area is 96.4 Å². The van der Waals surface area contributed by atoms with Crippen molar-refractivity contribution in [2.75, 3.05) is 26.4 Å². The van der Waals surface area contributed by atoms with Crippen molar-refractivity contribution in [2.24, 2.45) is 0 Å². The highest BCUT2D eigenvalue weighted by Crippen LogP contribution is 2.40. The van der Waals surface area contributed by atoms with Gasteiger partial charge in [-0.15, -0.1) is 0 Å². The highest BCUT2D eigenvalue weighted by atomic mass is 16.5. The van der Waals surface area contributed by atoms with Gasteiger partial charge in [-0.05, 0) is 12.0 Å². The van der Waals surface area contributed by atoms with E-state index in [4.69, 9.17) is 9.84 Å². The third-order valence-electron chi connectivity index (χ3n) is 2.91. The van der Waals surface area contributed by atoms with Crippen molar-refractivity contribution in [1.29, 1.82) is 0 Å². The molecule has 0 spiro atoms. The first kappa shape index (κ1) is 11.6. The summed E-state index contributed by atoms with van der Waals surface area (Å²) in [6, 6.07) is 11.2. The van der Waals surface area contributed by atoms with Gasteiger partial charge in [0.05, 0.1) is 19.8 Å². The van der Waals surface area contributed by atoms with Crippen LogP contribution in [0.25, 0.3) is 0 Å². The average molecular weight is 221 g/mol. The minimum atomic E-state index is 0.107. The second kappa shape index (κ2) is 5.99. The van der Waals surface area contributed by atoms with E-state index in [9.17, 15) is 0 Å². The standard InChI is InChI=1S/C13H19NO2/c15-7-9-16-8-6-14-13-10-12(13)11-4-2-1-3-5-11/h1-5,12-15H,6-10H2. The van der Waals surface area contributed by atoms with Gasteiger partial charge in [-0.1, -0.05) is 30.3 Å². The van der Waals surface area contributed by atoms with Crippen LogP contribution >= 0.6 is 0 Å². The molecular formula is C13H19NO2. The van der Waals surface area contributed by atoms with Gasteiger partial charge >= 0.3 is 0 Å². The lowest BCUT2D eigenvalue weighted by atomic mass is 10.1. The lowest BCUT2D eigenvalue weighted by Gasteiger charge is -2.04. The number of nitrogens with one attached hydrogen (secondary N) is 1. The van der Waals surface area contributed by atoms with Gasteiger partial charge < -0.3 is 15.2 Å². The largest absolute Gasteiger partial charge is 0.394 e. The minimum absolute atomic E-state index is 0.107. The number of ether oxygens (including phenoxy) is 1. The van der Waals surface area contributed by atoms with E-state index in [0.717, 1.165) is 6.54 Å². The molecule has 3 nitrogen and oxygen atoms in total. The van der Waals surface area contributed by atoms with Crippen LogP contribution in [0.5, 0.6) is 0 Å². The summed E-state index contributed by atoms with van der Waals surface area (Å²) in [7, 11) is 0. The fourth-order valence-corrected chi connectivity index (χ4v) is 1.97. The number of benzene rings is 1. The SMILES string of the molecule is OCCOCCNC1CC1c1ccccc1. The molecule has 1 aromatic carbocycles. The van der Waals surface area contributed by atoms with Crippen molar-refractivity contribution in [1.82, 2.24) is 5.32 Å². The first-order valence-corrected chi connectivity index (χ1v) is 5.88. The minimum Gasteiger partial charge on any atom is -0.394 e. The molecule has 0 heterocycles. The summed E-state index contributed by atoms with van der Waals surface area (Å²) in [5.41, 5.74) is 1.43. The van der Waals surface area contributed by atoms with Crippen LogP contribution in [-0.2, 0) is 4.74 Å². The summed E-state index contributed by atoms with van der Waals surface area (Å²) in [5.74, 6) is 0.680. The predicted octanol–water partition coefficient (Wildman–Crippen LogP) is 1.14. The second-order valence-electron chi connectivity index (χ2n) is 4.15. The van der Waals surface area contributed by atoms with Crippen molar-refractivity contribution in [3.05, 3.63) is 35.9 Å². The van der Waals surface area contributed by atoms with Crippen molar-refractivity contribution < 1.29 is 9.84 Å². The van der Waals surface area contributed by atoms with Gasteiger partial charge in [0.2, 0.25) is 0 Å². The van der Waals surface area contributed by atoms with Crippen molar-refractivity contribution >= 4 is 0 Å². The summed E-state index contributed by atoms with van der Waals surface area (Å²) in [6.07, 6.45) is 1.23. The first-order chi connectivity index (χ1) is 7.92. The molecule has 2 rings (SSSR count). The Morgan fingerprint density at radius 1 is 1.25 bits per heavy atom. The van der Waals surface area contributed by atoms with Gasteiger partial charge in [0.25, 0.3) is 0 Å². The van der Waals surface area contributed by atoms with E-state index in [2.05, 4.69) is 35.6 Å². The third-order valence-corrected chi connectivity index (χ3v) is 2.91. The molecule has 2 unspecified atom stereocenters. The maximum atomic E-state index is 8.53. The summed E-state index contributed by atoms with van der Waals surface area (Å²) in [5, 5.41) is 12.0. The van der Waals surface area contributed by atoms with Gasteiger partial charge in [-0.25, -0.2) is 0 Å². The van der Waals surface area contributed by atoms with Crippen molar-refractivity contribution in [3.8, 4) is 0 Å². The Hall–Kier alpha value is -0.900. The number of hydrogen-bond acceptors (Lipinski definition) is 3. The molecule has 88 valence electrons. The molecular weight excluding hydrogens is 202 g/mol. The molecule has 0 saturated heterocycles. The Morgan fingerprint density at radius 3 is 2.81 bits per heavy atom. The van der Waals surface area contributed by atoms with Gasteiger partial charge in [-0.2, -0.15) is 0 Å². The zero-order valence-electron chi connectivity index (χ0n) is 9.43. The summed E-state index contributed by atoms with van der Waals surface area (Å²) in [4.78, 5) is 0. The summed E-state index contributed by atoms with van der Waals surface area (Å²) >= 11 is 0. The smallest absolute Gasteiger partial charge is 0.0698 e. The van der Waals surface area contributed by atoms with Gasteiger partial charge in [0.1, 0.15) is 0 Å². The van der Waals surface area contributed by atoms with Gasteiger partial charge in [0, 0.05) is 18.5 Å². The van der Waals surface area contributed by atoms with Crippen molar-refractivity contribution in [2.45, 2.75) is 18.4 Å². The Balaban J connectivity index is 1.61. The van der Waals surface area contributed by atoms with Crippen LogP contribution in [0.15, 0.2) is 30.3 Å². The molecule has 1 aromatic rings. The molecule has 1 fully saturated rings. The topological polar surface area (TPSA) is 41.5 Å². The quantitative estimate of drug-likeness (QED) is 0.678. The molecule has 2 N–H and O–H groups in total. The highest BCUT2D eigenvalue weighted by Gasteiger charge is 2.37. The number of aliphatic hydroxyl groups excluding tert-OH is 1. The molecule has 0 bridgehead atoms. The molecule has 0 aromatic heterocycles. The summed E-state index contributed by atoms with van der Waals surface area (Å²) in [6.45, 7) is 2.09. The van der Waals surface area contributed by atoms with E-state index in [1.54, 1.807) is 0 Å². The normalized spacial score (nSPS) is 23.3. The summed E-state index contributed by atoms with van der Waals surface area (Å²) < 4.78 is 5.19. The maximum Gasteiger partial charge on any atom is 0.0698 e. The fourth-order valence-electron chi connectivity index (χ4n) is 1.97. The van der Waals surface area contributed by atoms with E-state index >= 15 is 0 Å². The predicted molar refractivity (Wildman–Crippen MR) is 63.5 cm³/mol. The molecule has 16 heavy (non-hydrogen) atoms. The second-order valence-corrected chi connectivity index (χ2v) is 4.15. The maximum absolute atomic E-state index is 8.53. The van der Waals surface area contributed by atoms with E-state index in [0.29, 0.717) is 25.2 Å².